The molecule has 1 aliphatic heterocycles. The summed E-state index contributed by atoms with van der Waals surface area (Å²) in [6, 6.07) is -0.193. The van der Waals surface area contributed by atoms with E-state index in [4.69, 9.17) is 10.8 Å². The Kier molecular flexibility index (Phi) is 3.63. The van der Waals surface area contributed by atoms with Crippen molar-refractivity contribution in [2.24, 2.45) is 11.7 Å². The molecule has 1 aromatic heterocycles. The van der Waals surface area contributed by atoms with Crippen molar-refractivity contribution >= 4 is 23.2 Å². The summed E-state index contributed by atoms with van der Waals surface area (Å²) in [5.74, 6) is -1.51. The van der Waals surface area contributed by atoms with Crippen molar-refractivity contribution in [2.75, 3.05) is 13.1 Å². The number of carbonyl (C=O) groups excluding carboxylic acids is 1. The van der Waals surface area contributed by atoms with Gasteiger partial charge in [-0.2, -0.15) is 0 Å². The number of rotatable bonds is 3. The Morgan fingerprint density at radius 3 is 2.89 bits per heavy atom. The zero-order chi connectivity index (χ0) is 13.3. The van der Waals surface area contributed by atoms with Gasteiger partial charge in [-0.3, -0.25) is 9.59 Å². The van der Waals surface area contributed by atoms with E-state index in [0.717, 1.165) is 0 Å². The molecular formula is C11H15N3O3S. The molecule has 0 bridgehead atoms. The average molecular weight is 269 g/mol. The lowest BCUT2D eigenvalue weighted by molar-refractivity contribution is -0.141. The normalized spacial score (nSPS) is 21.0. The number of hydrogen-bond donors (Lipinski definition) is 2. The van der Waals surface area contributed by atoms with Gasteiger partial charge in [-0.25, -0.2) is 4.98 Å². The van der Waals surface area contributed by atoms with Crippen LogP contribution >= 0.6 is 11.3 Å². The van der Waals surface area contributed by atoms with Crippen LogP contribution < -0.4 is 5.73 Å². The average Bonchev–Trinajstić information content (AvgIpc) is 2.97. The first-order chi connectivity index (χ1) is 8.49. The van der Waals surface area contributed by atoms with Crippen LogP contribution in [0.5, 0.6) is 0 Å². The minimum atomic E-state index is -0.847. The summed E-state index contributed by atoms with van der Waals surface area (Å²) in [5, 5.41) is 11.3. The lowest BCUT2D eigenvalue weighted by Crippen LogP contribution is -2.30. The number of aliphatic carboxylic acids is 1. The molecule has 1 saturated heterocycles. The van der Waals surface area contributed by atoms with Gasteiger partial charge in [0.05, 0.1) is 12.0 Å². The summed E-state index contributed by atoms with van der Waals surface area (Å²) < 4.78 is 0. The molecule has 2 unspecified atom stereocenters. The van der Waals surface area contributed by atoms with Gasteiger partial charge in [0.15, 0.2) is 0 Å². The van der Waals surface area contributed by atoms with E-state index >= 15 is 0 Å². The number of carbonyl (C=O) groups is 2. The van der Waals surface area contributed by atoms with E-state index in [1.807, 2.05) is 6.92 Å². The van der Waals surface area contributed by atoms with Gasteiger partial charge in [-0.1, -0.05) is 0 Å². The molecule has 18 heavy (non-hydrogen) atoms. The fourth-order valence-electron chi connectivity index (χ4n) is 1.90. The molecule has 2 atom stereocenters. The van der Waals surface area contributed by atoms with Crippen LogP contribution in [0, 0.1) is 5.92 Å². The van der Waals surface area contributed by atoms with Crippen LogP contribution in [0.3, 0.4) is 0 Å². The second kappa shape index (κ2) is 5.03. The molecule has 0 aliphatic carbocycles. The third-order valence-electron chi connectivity index (χ3n) is 2.96. The molecule has 1 aromatic rings. The molecule has 0 spiro atoms. The SMILES string of the molecule is CC(N)c1nc(C(=O)N2CCC(C(=O)O)C2)cs1. The van der Waals surface area contributed by atoms with Gasteiger partial charge in [-0.05, 0) is 13.3 Å². The summed E-state index contributed by atoms with van der Waals surface area (Å²) in [7, 11) is 0. The predicted molar refractivity (Wildman–Crippen MR) is 66.4 cm³/mol. The molecule has 7 heteroatoms. The van der Waals surface area contributed by atoms with Crippen molar-refractivity contribution in [1.82, 2.24) is 9.88 Å². The zero-order valence-corrected chi connectivity index (χ0v) is 10.8. The monoisotopic (exact) mass is 269 g/mol. The number of carboxylic acids is 1. The largest absolute Gasteiger partial charge is 0.481 e. The van der Waals surface area contributed by atoms with Gasteiger partial charge in [-0.15, -0.1) is 11.3 Å². The van der Waals surface area contributed by atoms with Gasteiger partial charge in [0.25, 0.3) is 5.91 Å². The molecule has 3 N–H and O–H groups in total. The van der Waals surface area contributed by atoms with E-state index in [9.17, 15) is 9.59 Å². The van der Waals surface area contributed by atoms with Crippen molar-refractivity contribution in [3.63, 3.8) is 0 Å². The maximum Gasteiger partial charge on any atom is 0.308 e. The minimum Gasteiger partial charge on any atom is -0.481 e. The number of nitrogens with two attached hydrogens (primary N) is 1. The number of likely N-dealkylation sites (tertiary alicyclic amines) is 1. The molecule has 0 aromatic carbocycles. The summed E-state index contributed by atoms with van der Waals surface area (Å²) in [6.07, 6.45) is 0.505. The Balaban J connectivity index is 2.05. The maximum absolute atomic E-state index is 12.1. The van der Waals surface area contributed by atoms with E-state index < -0.39 is 11.9 Å². The van der Waals surface area contributed by atoms with E-state index in [0.29, 0.717) is 23.7 Å². The van der Waals surface area contributed by atoms with Crippen molar-refractivity contribution < 1.29 is 14.7 Å². The smallest absolute Gasteiger partial charge is 0.308 e. The van der Waals surface area contributed by atoms with Crippen LogP contribution in [0.1, 0.15) is 34.9 Å². The molecule has 6 nitrogen and oxygen atoms in total. The van der Waals surface area contributed by atoms with Crippen LogP contribution in [-0.2, 0) is 4.79 Å². The van der Waals surface area contributed by atoms with Gasteiger partial charge in [0.2, 0.25) is 0 Å². The number of thiazole rings is 1. The Morgan fingerprint density at radius 1 is 1.67 bits per heavy atom. The highest BCUT2D eigenvalue weighted by Gasteiger charge is 2.32. The predicted octanol–water partition coefficient (Wildman–Crippen LogP) is 0.709. The van der Waals surface area contributed by atoms with Gasteiger partial charge in [0.1, 0.15) is 10.7 Å². The number of carboxylic acid groups (broad SMARTS) is 1. The summed E-state index contributed by atoms with van der Waals surface area (Å²) >= 11 is 1.35. The Hall–Kier alpha value is -1.47. The summed E-state index contributed by atoms with van der Waals surface area (Å²) in [6.45, 7) is 2.55. The molecule has 2 rings (SSSR count). The topological polar surface area (TPSA) is 96.5 Å². The summed E-state index contributed by atoms with van der Waals surface area (Å²) in [5.41, 5.74) is 6.05. The van der Waals surface area contributed by atoms with Crippen molar-refractivity contribution in [3.05, 3.63) is 16.1 Å². The molecule has 1 fully saturated rings. The third kappa shape index (κ3) is 2.51. The number of hydrogen-bond acceptors (Lipinski definition) is 5. The van der Waals surface area contributed by atoms with E-state index in [1.165, 1.54) is 11.3 Å². The fourth-order valence-corrected chi connectivity index (χ4v) is 2.65. The third-order valence-corrected chi connectivity index (χ3v) is 4.00. The van der Waals surface area contributed by atoms with Gasteiger partial charge >= 0.3 is 5.97 Å². The number of aromatic nitrogens is 1. The van der Waals surface area contributed by atoms with Gasteiger partial charge < -0.3 is 15.7 Å². The molecule has 1 amide bonds. The van der Waals surface area contributed by atoms with Crippen molar-refractivity contribution in [1.29, 1.82) is 0 Å². The zero-order valence-electron chi connectivity index (χ0n) is 10.00. The highest BCUT2D eigenvalue weighted by atomic mass is 32.1. The van der Waals surface area contributed by atoms with Crippen LogP contribution in [0.15, 0.2) is 5.38 Å². The van der Waals surface area contributed by atoms with E-state index in [1.54, 1.807) is 10.3 Å². The molecule has 2 heterocycles. The molecule has 98 valence electrons. The second-order valence-corrected chi connectivity index (χ2v) is 5.32. The first kappa shape index (κ1) is 13.0. The van der Waals surface area contributed by atoms with Crippen LogP contribution in [0.25, 0.3) is 0 Å². The number of amides is 1. The lowest BCUT2D eigenvalue weighted by Gasteiger charge is -2.13. The van der Waals surface area contributed by atoms with Gasteiger partial charge in [0, 0.05) is 18.5 Å². The van der Waals surface area contributed by atoms with Crippen LogP contribution in [0.4, 0.5) is 0 Å². The van der Waals surface area contributed by atoms with Crippen LogP contribution in [-0.4, -0.2) is 40.0 Å². The van der Waals surface area contributed by atoms with Crippen LogP contribution in [0.2, 0.25) is 0 Å². The first-order valence-electron chi connectivity index (χ1n) is 5.72. The first-order valence-corrected chi connectivity index (χ1v) is 6.60. The number of nitrogens with zero attached hydrogens (tertiary/aromatic N) is 2. The molecule has 0 saturated carbocycles. The highest BCUT2D eigenvalue weighted by Crippen LogP contribution is 2.21. The summed E-state index contributed by atoms with van der Waals surface area (Å²) in [4.78, 5) is 28.6. The Morgan fingerprint density at radius 2 is 2.39 bits per heavy atom. The molecule has 0 radical (unpaired) electrons. The molecule has 1 aliphatic rings. The van der Waals surface area contributed by atoms with E-state index in [-0.39, 0.29) is 18.5 Å². The van der Waals surface area contributed by atoms with Crippen molar-refractivity contribution in [3.8, 4) is 0 Å². The maximum atomic E-state index is 12.1. The Labute approximate surface area is 108 Å². The second-order valence-electron chi connectivity index (χ2n) is 4.43. The quantitative estimate of drug-likeness (QED) is 0.842. The minimum absolute atomic E-state index is 0.193. The lowest BCUT2D eigenvalue weighted by atomic mass is 10.1. The Bertz CT molecular complexity index is 472. The standard InChI is InChI=1S/C11H15N3O3S/c1-6(12)9-13-8(5-18-9)10(15)14-3-2-7(4-14)11(16)17/h5-7H,2-4,12H2,1H3,(H,16,17). The van der Waals surface area contributed by atoms with E-state index in [2.05, 4.69) is 4.98 Å². The highest BCUT2D eigenvalue weighted by molar-refractivity contribution is 7.09. The van der Waals surface area contributed by atoms with Crippen molar-refractivity contribution in [2.45, 2.75) is 19.4 Å². The fraction of sp³-hybridized carbons (Fsp3) is 0.545. The molecular weight excluding hydrogens is 254 g/mol.